The topological polar surface area (TPSA) is 86.2 Å². The molecule has 0 radical (unpaired) electrons. The Balaban J connectivity index is 2.35. The minimum absolute atomic E-state index is 0.0507. The molecule has 0 saturated heterocycles. The summed E-state index contributed by atoms with van der Waals surface area (Å²) in [5.41, 5.74) is 0. The van der Waals surface area contributed by atoms with Gasteiger partial charge in [0.2, 0.25) is 11.2 Å². The van der Waals surface area contributed by atoms with Gasteiger partial charge >= 0.3 is 12.0 Å². The quantitative estimate of drug-likeness (QED) is 0.592. The minimum Gasteiger partial charge on any atom is -0.467 e. The monoisotopic (exact) mass is 274 g/mol. The van der Waals surface area contributed by atoms with Gasteiger partial charge in [0.1, 0.15) is 0 Å². The van der Waals surface area contributed by atoms with Crippen LogP contribution in [-0.2, 0) is 9.53 Å². The molecule has 1 N–H and O–H groups in total. The highest BCUT2D eigenvalue weighted by molar-refractivity contribution is 6.28. The van der Waals surface area contributed by atoms with Crippen LogP contribution in [0.2, 0.25) is 5.28 Å². The van der Waals surface area contributed by atoms with Crippen molar-refractivity contribution in [3.63, 3.8) is 0 Å². The highest BCUT2D eigenvalue weighted by Gasteiger charge is 2.05. The summed E-state index contributed by atoms with van der Waals surface area (Å²) in [6.07, 6.45) is 0.960. The van der Waals surface area contributed by atoms with Gasteiger partial charge in [-0.2, -0.15) is 15.0 Å². The largest absolute Gasteiger partial charge is 0.467 e. The van der Waals surface area contributed by atoms with Crippen molar-refractivity contribution in [1.82, 2.24) is 15.0 Å². The number of carbonyl (C=O) groups is 1. The van der Waals surface area contributed by atoms with Crippen LogP contribution >= 0.6 is 11.6 Å². The number of hydrogen-bond donors (Lipinski definition) is 1. The van der Waals surface area contributed by atoms with E-state index in [1.165, 1.54) is 7.11 Å². The number of aromatic nitrogens is 3. The second-order valence-electron chi connectivity index (χ2n) is 3.25. The number of hydrogen-bond acceptors (Lipinski definition) is 7. The molecule has 1 aromatic rings. The minimum atomic E-state index is -0.217. The molecule has 7 nitrogen and oxygen atoms in total. The molecule has 1 rings (SSSR count). The fourth-order valence-electron chi connectivity index (χ4n) is 1.17. The molecule has 0 aliphatic carbocycles. The maximum absolute atomic E-state index is 11.1. The fourth-order valence-corrected chi connectivity index (χ4v) is 1.32. The van der Waals surface area contributed by atoms with Crippen LogP contribution in [0.3, 0.4) is 0 Å². The van der Waals surface area contributed by atoms with Crippen molar-refractivity contribution < 1.29 is 14.3 Å². The summed E-state index contributed by atoms with van der Waals surface area (Å²) >= 11 is 5.68. The molecule has 0 amide bonds. The molecule has 8 heteroatoms. The van der Waals surface area contributed by atoms with Gasteiger partial charge in [-0.1, -0.05) is 0 Å². The van der Waals surface area contributed by atoms with Gasteiger partial charge in [-0.05, 0) is 24.9 Å². The predicted octanol–water partition coefficient (Wildman–Crippen LogP) is 1.29. The molecular weight excluding hydrogens is 260 g/mol. The summed E-state index contributed by atoms with van der Waals surface area (Å²) in [6, 6.07) is 0.142. The first kappa shape index (κ1) is 14.4. The number of rotatable bonds is 7. The molecule has 1 aromatic heterocycles. The fraction of sp³-hybridized carbons (Fsp3) is 0.600. The van der Waals surface area contributed by atoms with Crippen molar-refractivity contribution in [2.24, 2.45) is 0 Å². The van der Waals surface area contributed by atoms with Gasteiger partial charge in [-0.3, -0.25) is 4.79 Å². The van der Waals surface area contributed by atoms with E-state index in [0.717, 1.165) is 0 Å². The Morgan fingerprint density at radius 1 is 1.39 bits per heavy atom. The van der Waals surface area contributed by atoms with Gasteiger partial charge in [-0.15, -0.1) is 0 Å². The standard InChI is InChI=1S/C10H15ClN4O3/c1-3-18-7(16)5-4-6-12-9-13-8(11)14-10(15-9)17-2/h3-6H2,1-2H3,(H,12,13,14,15). The van der Waals surface area contributed by atoms with Crippen molar-refractivity contribution in [1.29, 1.82) is 0 Å². The number of carbonyl (C=O) groups excluding carboxylic acids is 1. The van der Waals surface area contributed by atoms with Crippen LogP contribution < -0.4 is 10.1 Å². The van der Waals surface area contributed by atoms with Crippen LogP contribution in [0.5, 0.6) is 6.01 Å². The first-order valence-corrected chi connectivity index (χ1v) is 5.88. The molecule has 0 atom stereocenters. The van der Waals surface area contributed by atoms with E-state index in [0.29, 0.717) is 31.9 Å². The molecule has 0 unspecified atom stereocenters. The van der Waals surface area contributed by atoms with E-state index in [9.17, 15) is 4.79 Å². The Hall–Kier alpha value is -1.63. The zero-order chi connectivity index (χ0) is 13.4. The first-order valence-electron chi connectivity index (χ1n) is 5.50. The Labute approximate surface area is 110 Å². The average molecular weight is 275 g/mol. The van der Waals surface area contributed by atoms with Gasteiger partial charge in [0, 0.05) is 13.0 Å². The van der Waals surface area contributed by atoms with Gasteiger partial charge in [0.05, 0.1) is 13.7 Å². The second kappa shape index (κ2) is 7.65. The lowest BCUT2D eigenvalue weighted by Crippen LogP contribution is -2.10. The number of nitrogens with zero attached hydrogens (tertiary/aromatic N) is 3. The summed E-state index contributed by atoms with van der Waals surface area (Å²) in [5.74, 6) is 0.0984. The Morgan fingerprint density at radius 3 is 2.83 bits per heavy atom. The van der Waals surface area contributed by atoms with Crippen LogP contribution in [0.1, 0.15) is 19.8 Å². The molecule has 0 aliphatic rings. The number of methoxy groups -OCH3 is 1. The van der Waals surface area contributed by atoms with Gasteiger partial charge in [0.25, 0.3) is 0 Å². The predicted molar refractivity (Wildman–Crippen MR) is 65.7 cm³/mol. The molecule has 100 valence electrons. The third kappa shape index (κ3) is 5.13. The van der Waals surface area contributed by atoms with Crippen LogP contribution in [0.25, 0.3) is 0 Å². The summed E-state index contributed by atoms with van der Waals surface area (Å²) in [6.45, 7) is 2.70. The lowest BCUT2D eigenvalue weighted by Gasteiger charge is -2.05. The maximum atomic E-state index is 11.1. The molecule has 0 spiro atoms. The van der Waals surface area contributed by atoms with E-state index in [1.54, 1.807) is 6.92 Å². The van der Waals surface area contributed by atoms with Crippen LogP contribution in [-0.4, -0.2) is 41.2 Å². The van der Waals surface area contributed by atoms with E-state index < -0.39 is 0 Å². The van der Waals surface area contributed by atoms with Crippen molar-refractivity contribution >= 4 is 23.5 Å². The number of nitrogens with one attached hydrogen (secondary N) is 1. The smallest absolute Gasteiger partial charge is 0.322 e. The molecule has 0 bridgehead atoms. The highest BCUT2D eigenvalue weighted by Crippen LogP contribution is 2.10. The summed E-state index contributed by atoms with van der Waals surface area (Å²) < 4.78 is 9.65. The van der Waals surface area contributed by atoms with Gasteiger partial charge in [0.15, 0.2) is 0 Å². The van der Waals surface area contributed by atoms with E-state index in [1.807, 2.05) is 0 Å². The molecule has 0 aliphatic heterocycles. The number of ether oxygens (including phenoxy) is 2. The van der Waals surface area contributed by atoms with Crippen LogP contribution in [0.15, 0.2) is 0 Å². The van der Waals surface area contributed by atoms with Crippen LogP contribution in [0.4, 0.5) is 5.95 Å². The highest BCUT2D eigenvalue weighted by atomic mass is 35.5. The number of halogens is 1. The van der Waals surface area contributed by atoms with Crippen molar-refractivity contribution in [2.75, 3.05) is 25.6 Å². The van der Waals surface area contributed by atoms with Crippen molar-refractivity contribution in [3.05, 3.63) is 5.28 Å². The van der Waals surface area contributed by atoms with Crippen LogP contribution in [0, 0.1) is 0 Å². The second-order valence-corrected chi connectivity index (χ2v) is 3.59. The number of anilines is 1. The van der Waals surface area contributed by atoms with E-state index >= 15 is 0 Å². The average Bonchev–Trinajstić information content (AvgIpc) is 2.34. The molecule has 18 heavy (non-hydrogen) atoms. The maximum Gasteiger partial charge on any atom is 0.322 e. The first-order chi connectivity index (χ1) is 8.65. The third-order valence-corrected chi connectivity index (χ3v) is 2.09. The molecule has 1 heterocycles. The normalized spacial score (nSPS) is 9.94. The van der Waals surface area contributed by atoms with E-state index in [-0.39, 0.29) is 17.3 Å². The molecule has 0 fully saturated rings. The number of esters is 1. The Morgan fingerprint density at radius 2 is 2.17 bits per heavy atom. The van der Waals surface area contributed by atoms with Gasteiger partial charge in [-0.25, -0.2) is 0 Å². The van der Waals surface area contributed by atoms with Crippen molar-refractivity contribution in [2.45, 2.75) is 19.8 Å². The van der Waals surface area contributed by atoms with Gasteiger partial charge < -0.3 is 14.8 Å². The lowest BCUT2D eigenvalue weighted by atomic mass is 10.3. The third-order valence-electron chi connectivity index (χ3n) is 1.92. The zero-order valence-electron chi connectivity index (χ0n) is 10.3. The van der Waals surface area contributed by atoms with E-state index in [2.05, 4.69) is 20.3 Å². The summed E-state index contributed by atoms with van der Waals surface area (Å²) in [7, 11) is 1.44. The molecule has 0 saturated carbocycles. The SMILES string of the molecule is CCOC(=O)CCCNc1nc(Cl)nc(OC)n1. The zero-order valence-corrected chi connectivity index (χ0v) is 11.0. The Bertz CT molecular complexity index is 403. The van der Waals surface area contributed by atoms with Crippen molar-refractivity contribution in [3.8, 4) is 6.01 Å². The molecule has 0 aromatic carbocycles. The van der Waals surface area contributed by atoms with E-state index in [4.69, 9.17) is 21.1 Å². The molecular formula is C10H15ClN4O3. The lowest BCUT2D eigenvalue weighted by molar-refractivity contribution is -0.143. The summed E-state index contributed by atoms with van der Waals surface area (Å²) in [4.78, 5) is 22.6. The summed E-state index contributed by atoms with van der Waals surface area (Å²) in [5, 5.41) is 2.97. The Kier molecular flexibility index (Phi) is 6.13.